The van der Waals surface area contributed by atoms with Crippen LogP contribution in [0.5, 0.6) is 0 Å². The molecule has 4 rings (SSSR count). The van der Waals surface area contributed by atoms with Crippen molar-refractivity contribution in [3.8, 4) is 0 Å². The molecule has 0 atom stereocenters. The predicted octanol–water partition coefficient (Wildman–Crippen LogP) is 3.79. The minimum Gasteiger partial charge on any atom is -0.399 e. The van der Waals surface area contributed by atoms with E-state index < -0.39 is 15.6 Å². The van der Waals surface area contributed by atoms with Crippen LogP contribution in [0.25, 0.3) is 0 Å². The molecule has 0 unspecified atom stereocenters. The Kier molecular flexibility index (Phi) is 9.47. The summed E-state index contributed by atoms with van der Waals surface area (Å²) in [6, 6.07) is 3.78. The Hall–Kier alpha value is -1.35. The molecule has 192 valence electrons. The van der Waals surface area contributed by atoms with Crippen LogP contribution < -0.4 is 11.1 Å². The average Bonchev–Trinajstić information content (AvgIpc) is 3.03. The van der Waals surface area contributed by atoms with Crippen LogP contribution in [0.15, 0.2) is 17.1 Å². The summed E-state index contributed by atoms with van der Waals surface area (Å²) >= 11 is 0. The molecule has 34 heavy (non-hydrogen) atoms. The molecule has 1 spiro atoms. The third-order valence-electron chi connectivity index (χ3n) is 7.67. The largest absolute Gasteiger partial charge is 0.399 e. The van der Waals surface area contributed by atoms with Crippen LogP contribution in [0, 0.1) is 25.7 Å². The van der Waals surface area contributed by atoms with Crippen molar-refractivity contribution in [1.29, 1.82) is 0 Å². The fourth-order valence-corrected chi connectivity index (χ4v) is 6.98. The molecule has 1 amide bonds. The van der Waals surface area contributed by atoms with E-state index in [-0.39, 0.29) is 36.5 Å². The molecule has 2 aliphatic heterocycles. The molecule has 0 radical (unpaired) electrons. The second-order valence-electron chi connectivity index (χ2n) is 10.0. The zero-order valence-electron chi connectivity index (χ0n) is 20.3. The standard InChI is InChI=1S/C24H36N4O3S.2ClH/c1-16-4-6-19(7-5-16)22-26-23(29)24(27-22)9-11-28(12-10-24)32(30,31)13-8-21-17(2)14-20(25)15-18(21)3;;/h14-16,19H,4-13,25H2,1-3H3,(H,26,27,29);2*1H. The highest BCUT2D eigenvalue weighted by Crippen LogP contribution is 2.36. The van der Waals surface area contributed by atoms with Gasteiger partial charge in [0.25, 0.3) is 5.91 Å². The van der Waals surface area contributed by atoms with Crippen LogP contribution in [-0.4, -0.2) is 48.8 Å². The third-order valence-corrected chi connectivity index (χ3v) is 9.54. The topological polar surface area (TPSA) is 105 Å². The predicted molar refractivity (Wildman–Crippen MR) is 143 cm³/mol. The fourth-order valence-electron chi connectivity index (χ4n) is 5.52. The number of amidine groups is 1. The number of carbonyl (C=O) groups excluding carboxylic acids is 1. The minimum atomic E-state index is -3.41. The van der Waals surface area contributed by atoms with Gasteiger partial charge < -0.3 is 11.1 Å². The molecule has 2 fully saturated rings. The molecular weight excluding hydrogens is 495 g/mol. The molecule has 1 aromatic rings. The molecular formula is C24H38Cl2N4O3S. The number of nitrogens with two attached hydrogens (primary N) is 1. The van der Waals surface area contributed by atoms with Crippen molar-refractivity contribution in [2.45, 2.75) is 71.3 Å². The van der Waals surface area contributed by atoms with Gasteiger partial charge in [-0.1, -0.05) is 19.8 Å². The number of sulfonamides is 1. The van der Waals surface area contributed by atoms with Crippen molar-refractivity contribution in [2.24, 2.45) is 16.8 Å². The number of nitrogens with zero attached hydrogens (tertiary/aromatic N) is 2. The van der Waals surface area contributed by atoms with Gasteiger partial charge in [-0.3, -0.25) is 9.79 Å². The lowest BCUT2D eigenvalue weighted by Gasteiger charge is -2.34. The molecule has 1 aliphatic carbocycles. The van der Waals surface area contributed by atoms with E-state index in [1.807, 2.05) is 26.0 Å². The summed E-state index contributed by atoms with van der Waals surface area (Å²) in [6.07, 6.45) is 5.85. The monoisotopic (exact) mass is 532 g/mol. The second kappa shape index (κ2) is 11.1. The van der Waals surface area contributed by atoms with Gasteiger partial charge >= 0.3 is 0 Å². The summed E-state index contributed by atoms with van der Waals surface area (Å²) in [7, 11) is -3.41. The number of aliphatic imine (C=N–C) groups is 1. The summed E-state index contributed by atoms with van der Waals surface area (Å²) in [6.45, 7) is 6.90. The maximum atomic E-state index is 13.0. The highest BCUT2D eigenvalue weighted by molar-refractivity contribution is 7.89. The lowest BCUT2D eigenvalue weighted by atomic mass is 9.82. The van der Waals surface area contributed by atoms with Crippen LogP contribution in [-0.2, 0) is 21.2 Å². The van der Waals surface area contributed by atoms with Crippen molar-refractivity contribution in [1.82, 2.24) is 9.62 Å². The number of nitrogen functional groups attached to an aromatic ring is 1. The Morgan fingerprint density at radius 3 is 2.21 bits per heavy atom. The van der Waals surface area contributed by atoms with E-state index in [0.29, 0.717) is 44.0 Å². The van der Waals surface area contributed by atoms with E-state index in [0.717, 1.165) is 41.3 Å². The maximum absolute atomic E-state index is 13.0. The molecule has 1 saturated carbocycles. The van der Waals surface area contributed by atoms with Crippen LogP contribution in [0.2, 0.25) is 0 Å². The van der Waals surface area contributed by atoms with Crippen molar-refractivity contribution in [3.63, 3.8) is 0 Å². The summed E-state index contributed by atoms with van der Waals surface area (Å²) in [5, 5.41) is 3.05. The summed E-state index contributed by atoms with van der Waals surface area (Å²) < 4.78 is 27.6. The summed E-state index contributed by atoms with van der Waals surface area (Å²) in [4.78, 5) is 17.7. The number of amides is 1. The summed E-state index contributed by atoms with van der Waals surface area (Å²) in [5.74, 6) is 1.94. The van der Waals surface area contributed by atoms with Crippen LogP contribution in [0.1, 0.15) is 62.1 Å². The molecule has 0 aromatic heterocycles. The third kappa shape index (κ3) is 5.89. The number of anilines is 1. The van der Waals surface area contributed by atoms with E-state index in [4.69, 9.17) is 10.7 Å². The molecule has 10 heteroatoms. The van der Waals surface area contributed by atoms with Gasteiger partial charge in [-0.25, -0.2) is 12.7 Å². The zero-order chi connectivity index (χ0) is 23.1. The van der Waals surface area contributed by atoms with Gasteiger partial charge in [0.2, 0.25) is 10.0 Å². The van der Waals surface area contributed by atoms with E-state index in [2.05, 4.69) is 12.2 Å². The smallest absolute Gasteiger partial charge is 0.253 e. The Morgan fingerprint density at radius 1 is 1.09 bits per heavy atom. The SMILES string of the molecule is Cc1cc(N)cc(C)c1CCS(=O)(=O)N1CCC2(CC1)N=C(C1CCC(C)CC1)NC2=O.Cl.Cl. The molecule has 3 aliphatic rings. The van der Waals surface area contributed by atoms with Gasteiger partial charge in [0.05, 0.1) is 5.75 Å². The first-order valence-corrected chi connectivity index (χ1v) is 13.5. The van der Waals surface area contributed by atoms with E-state index in [1.165, 1.54) is 12.8 Å². The highest BCUT2D eigenvalue weighted by atomic mass is 35.5. The molecule has 1 saturated heterocycles. The normalized spacial score (nSPS) is 24.7. The second-order valence-corrected chi connectivity index (χ2v) is 12.1. The van der Waals surface area contributed by atoms with Gasteiger partial charge in [0, 0.05) is 24.7 Å². The van der Waals surface area contributed by atoms with E-state index in [1.54, 1.807) is 4.31 Å². The fraction of sp³-hybridized carbons (Fsp3) is 0.667. The maximum Gasteiger partial charge on any atom is 0.253 e. The first-order valence-electron chi connectivity index (χ1n) is 11.8. The first-order chi connectivity index (χ1) is 15.1. The number of hydrogen-bond donors (Lipinski definition) is 2. The average molecular weight is 534 g/mol. The van der Waals surface area contributed by atoms with E-state index >= 15 is 0 Å². The van der Waals surface area contributed by atoms with Crippen molar-refractivity contribution in [3.05, 3.63) is 28.8 Å². The number of carbonyl (C=O) groups is 1. The van der Waals surface area contributed by atoms with Crippen LogP contribution in [0.4, 0.5) is 5.69 Å². The van der Waals surface area contributed by atoms with Crippen LogP contribution in [0.3, 0.4) is 0 Å². The molecule has 7 nitrogen and oxygen atoms in total. The van der Waals surface area contributed by atoms with Gasteiger partial charge in [0.1, 0.15) is 11.4 Å². The number of nitrogens with one attached hydrogen (secondary N) is 1. The van der Waals surface area contributed by atoms with Gasteiger partial charge in [-0.15, -0.1) is 24.8 Å². The summed E-state index contributed by atoms with van der Waals surface area (Å²) in [5.41, 5.74) is 8.90. The van der Waals surface area contributed by atoms with Crippen molar-refractivity contribution in [2.75, 3.05) is 24.6 Å². The van der Waals surface area contributed by atoms with Crippen molar-refractivity contribution < 1.29 is 13.2 Å². The minimum absolute atomic E-state index is 0. The lowest BCUT2D eigenvalue weighted by Crippen LogP contribution is -2.51. The van der Waals surface area contributed by atoms with Gasteiger partial charge in [-0.2, -0.15) is 0 Å². The highest BCUT2D eigenvalue weighted by Gasteiger charge is 2.48. The molecule has 3 N–H and O–H groups in total. The number of aryl methyl sites for hydroxylation is 2. The zero-order valence-corrected chi connectivity index (χ0v) is 22.8. The lowest BCUT2D eigenvalue weighted by molar-refractivity contribution is -0.125. The Labute approximate surface area is 216 Å². The number of piperidine rings is 1. The Bertz CT molecular complexity index is 1010. The number of rotatable bonds is 5. The molecule has 0 bridgehead atoms. The van der Waals surface area contributed by atoms with Gasteiger partial charge in [0.15, 0.2) is 0 Å². The van der Waals surface area contributed by atoms with Crippen LogP contribution >= 0.6 is 24.8 Å². The van der Waals surface area contributed by atoms with Gasteiger partial charge in [-0.05, 0) is 80.7 Å². The Balaban J connectivity index is 0.00000204. The van der Waals surface area contributed by atoms with E-state index in [9.17, 15) is 13.2 Å². The van der Waals surface area contributed by atoms with Crippen molar-refractivity contribution >= 4 is 52.3 Å². The molecule has 2 heterocycles. The molecule has 1 aromatic carbocycles. The first kappa shape index (κ1) is 28.9. The quantitative estimate of drug-likeness (QED) is 0.562. The number of hydrogen-bond acceptors (Lipinski definition) is 5. The Morgan fingerprint density at radius 2 is 1.65 bits per heavy atom. The number of benzene rings is 1. The number of halogens is 2.